The summed E-state index contributed by atoms with van der Waals surface area (Å²) in [6, 6.07) is -2.04. The molecule has 4 heterocycles. The van der Waals surface area contributed by atoms with Crippen LogP contribution in [-0.2, 0) is 66.6 Å². The van der Waals surface area contributed by atoms with Crippen molar-refractivity contribution in [3.8, 4) is 0 Å². The summed E-state index contributed by atoms with van der Waals surface area (Å²) in [5.41, 5.74) is 4.03. The number of carboxylic acids is 2. The minimum atomic E-state index is -1.49. The van der Waals surface area contributed by atoms with Gasteiger partial charge in [0.25, 0.3) is 0 Å². The smallest absolute Gasteiger partial charge is 0.321 e. The van der Waals surface area contributed by atoms with Crippen molar-refractivity contribution in [2.24, 2.45) is 29.4 Å². The lowest BCUT2D eigenvalue weighted by Gasteiger charge is -2.50. The van der Waals surface area contributed by atoms with E-state index in [9.17, 15) is 49.5 Å². The number of rotatable bonds is 16. The summed E-state index contributed by atoms with van der Waals surface area (Å²) in [4.78, 5) is 61.2. The number of aliphatic hydroxyl groups is 5. The molecule has 23 heteroatoms. The summed E-state index contributed by atoms with van der Waals surface area (Å²) in [5.74, 6) is -6.09. The van der Waals surface area contributed by atoms with E-state index in [1.54, 1.807) is 59.7 Å². The number of carbonyl (C=O) groups excluding carboxylic acids is 3. The lowest BCUT2D eigenvalue weighted by Crippen LogP contribution is -2.65. The summed E-state index contributed by atoms with van der Waals surface area (Å²) in [5, 5.41) is 71.8. The summed E-state index contributed by atoms with van der Waals surface area (Å²) in [6.45, 7) is 13.6. The van der Waals surface area contributed by atoms with Crippen LogP contribution in [0.3, 0.4) is 0 Å². The maximum atomic E-state index is 13.8. The molecule has 22 atom stereocenters. The Hall–Kier alpha value is -3.37. The Morgan fingerprint density at radius 3 is 2.05 bits per heavy atom. The van der Waals surface area contributed by atoms with E-state index in [0.29, 0.717) is 12.0 Å². The molecule has 0 saturated carbocycles. The second-order valence-corrected chi connectivity index (χ2v) is 20.3. The van der Waals surface area contributed by atoms with Crippen molar-refractivity contribution in [3.63, 3.8) is 0 Å². The molecule has 9 N–H and O–H groups in total. The van der Waals surface area contributed by atoms with Gasteiger partial charge in [-0.25, -0.2) is 0 Å². The van der Waals surface area contributed by atoms with Crippen LogP contribution >= 0.6 is 0 Å². The van der Waals surface area contributed by atoms with Gasteiger partial charge in [-0.15, -0.1) is 0 Å². The second-order valence-electron chi connectivity index (χ2n) is 20.3. The highest BCUT2D eigenvalue weighted by atomic mass is 16.7. The molecule has 4 rings (SSSR count). The lowest BCUT2D eigenvalue weighted by atomic mass is 9.79. The average molecular weight is 1050 g/mol. The van der Waals surface area contributed by atoms with Crippen LogP contribution in [0.25, 0.3) is 0 Å². The van der Waals surface area contributed by atoms with Crippen molar-refractivity contribution in [1.29, 1.82) is 0 Å². The lowest BCUT2D eigenvalue weighted by molar-refractivity contribution is -0.341. The van der Waals surface area contributed by atoms with E-state index in [1.165, 1.54) is 27.2 Å². The summed E-state index contributed by atoms with van der Waals surface area (Å²) in [7, 11) is 6.43. The standard InChI is InChI=1S/C46H77NO17.C4H7NO4/c1-13-33-30(22-58-45-42(57-12)41(56-11)37(52)26(5)60-45)18-23(2)14-15-31(49)24(3)19-29(16-17-48)39(25(4)32(50)20-34(51)62-33)64-44-38(53)36(47(9)10)40(27(6)61-44)63-35-21-46(8,55)43(54)28(7)59-35;5-2(4(8)9)1-3(6)7/h14-15,17-18,24-30,32-33,35-45,50,52-55H,13,16,19-22H2,1-12H3;2H,1,5H2,(H,6,7)(H,8,9)/b15-14+,23-18+;/t24-,25+,26-,27-,28+,29+,30?,32-,33-,35+,36-,37-,38-,39-,40-,41-,42-,43+,44-,45-,46-;2-/m10/s1. The Labute approximate surface area is 428 Å². The Bertz CT molecular complexity index is 1830. The van der Waals surface area contributed by atoms with E-state index < -0.39 is 164 Å². The van der Waals surface area contributed by atoms with Gasteiger partial charge in [-0.2, -0.15) is 0 Å². The quantitative estimate of drug-likeness (QED) is 0.0779. The van der Waals surface area contributed by atoms with Crippen molar-refractivity contribution < 1.29 is 102 Å². The number of nitrogens with zero attached hydrogens (tertiary/aromatic N) is 1. The molecule has 73 heavy (non-hydrogen) atoms. The van der Waals surface area contributed by atoms with Gasteiger partial charge in [0.15, 0.2) is 24.7 Å². The van der Waals surface area contributed by atoms with Gasteiger partial charge in [-0.1, -0.05) is 38.5 Å². The number of aldehydes is 1. The third-order valence-corrected chi connectivity index (χ3v) is 14.1. The van der Waals surface area contributed by atoms with Crippen LogP contribution in [0, 0.1) is 23.7 Å². The predicted octanol–water partition coefficient (Wildman–Crippen LogP) is 0.707. The van der Waals surface area contributed by atoms with E-state index in [4.69, 9.17) is 58.6 Å². The van der Waals surface area contributed by atoms with Gasteiger partial charge < -0.3 is 93.8 Å². The molecular formula is C50H84N2O21. The zero-order valence-electron chi connectivity index (χ0n) is 44.3. The molecule has 0 aromatic carbocycles. The fourth-order valence-electron chi connectivity index (χ4n) is 9.78. The minimum absolute atomic E-state index is 0.00788. The molecule has 420 valence electrons. The average Bonchev–Trinajstić information content (AvgIpc) is 3.30. The SMILES string of the molecule is CC[C@H]1OC(=O)C[C@@H](O)[C@H](C)[C@@H](O[C@H]2O[C@H](C)[C@@H](O[C@H]3C[C@@](C)(O)[C@@H](O)[C@H](C)O3)[C@H](N(C)C)[C@H]2O)[C@@H](CC=O)C[C@@H](C)C(=O)/C=C/C(C)=C/C1CO[C@@H]1O[C@H](C)[C@@H](O)[C@@H](OC)[C@H]1OC.N[C@@H](CC(=O)O)C(=O)O. The first-order valence-electron chi connectivity index (χ1n) is 24.9. The first-order valence-corrected chi connectivity index (χ1v) is 24.9. The molecule has 23 nitrogen and oxygen atoms in total. The molecule has 0 aliphatic carbocycles. The van der Waals surface area contributed by atoms with Crippen LogP contribution in [0.2, 0.25) is 0 Å². The zero-order valence-corrected chi connectivity index (χ0v) is 44.3. The number of nitrogens with two attached hydrogens (primary N) is 1. The van der Waals surface area contributed by atoms with Gasteiger partial charge >= 0.3 is 17.9 Å². The van der Waals surface area contributed by atoms with Crippen molar-refractivity contribution in [2.75, 3.05) is 34.9 Å². The van der Waals surface area contributed by atoms with Crippen molar-refractivity contribution >= 4 is 30.0 Å². The summed E-state index contributed by atoms with van der Waals surface area (Å²) < 4.78 is 54.7. The molecular weight excluding hydrogens is 965 g/mol. The number of likely N-dealkylation sites (N-methyl/N-ethyl adjacent to an activating group) is 1. The highest BCUT2D eigenvalue weighted by Gasteiger charge is 2.52. The maximum Gasteiger partial charge on any atom is 0.321 e. The Kier molecular flexibility index (Phi) is 25.6. The molecule has 4 aliphatic rings. The van der Waals surface area contributed by atoms with E-state index in [2.05, 4.69) is 0 Å². The Balaban J connectivity index is 0.00000142. The van der Waals surface area contributed by atoms with E-state index in [0.717, 1.165) is 6.29 Å². The number of carboxylic acid groups (broad SMARTS) is 2. The fraction of sp³-hybridized carbons (Fsp3) is 0.820. The number of allylic oxidation sites excluding steroid dienone is 3. The molecule has 3 saturated heterocycles. The summed E-state index contributed by atoms with van der Waals surface area (Å²) >= 11 is 0. The molecule has 4 aliphatic heterocycles. The van der Waals surface area contributed by atoms with Crippen molar-refractivity contribution in [3.05, 3.63) is 23.8 Å². The van der Waals surface area contributed by atoms with Crippen LogP contribution in [0.4, 0.5) is 0 Å². The molecule has 0 amide bonds. The first-order chi connectivity index (χ1) is 34.1. The van der Waals surface area contributed by atoms with Gasteiger partial charge in [-0.05, 0) is 73.5 Å². The van der Waals surface area contributed by atoms with E-state index in [-0.39, 0.29) is 31.7 Å². The number of carbonyl (C=O) groups is 5. The van der Waals surface area contributed by atoms with E-state index in [1.807, 2.05) is 19.9 Å². The highest BCUT2D eigenvalue weighted by molar-refractivity contribution is 5.91. The number of aliphatic hydroxyl groups excluding tert-OH is 4. The van der Waals surface area contributed by atoms with Gasteiger partial charge in [0.05, 0.1) is 61.6 Å². The molecule has 3 fully saturated rings. The number of methoxy groups -OCH3 is 2. The van der Waals surface area contributed by atoms with Crippen LogP contribution in [-0.4, -0.2) is 215 Å². The molecule has 0 bridgehead atoms. The number of hydrogen-bond acceptors (Lipinski definition) is 21. The van der Waals surface area contributed by atoms with Gasteiger partial charge in [0.2, 0.25) is 0 Å². The number of esters is 1. The third-order valence-electron chi connectivity index (χ3n) is 14.1. The van der Waals surface area contributed by atoms with Gasteiger partial charge in [0.1, 0.15) is 55.1 Å². The zero-order chi connectivity index (χ0) is 55.2. The number of ether oxygens (including phenoxy) is 9. The van der Waals surface area contributed by atoms with Crippen LogP contribution in [0.15, 0.2) is 23.8 Å². The largest absolute Gasteiger partial charge is 0.481 e. The topological polar surface area (TPSA) is 339 Å². The third kappa shape index (κ3) is 17.9. The number of ketones is 1. The van der Waals surface area contributed by atoms with Crippen LogP contribution < -0.4 is 5.73 Å². The fourth-order valence-corrected chi connectivity index (χ4v) is 9.78. The number of cyclic esters (lactones) is 1. The van der Waals surface area contributed by atoms with E-state index >= 15 is 0 Å². The number of hydrogen-bond donors (Lipinski definition) is 8. The molecule has 0 spiro atoms. The Morgan fingerprint density at radius 1 is 0.890 bits per heavy atom. The highest BCUT2D eigenvalue weighted by Crippen LogP contribution is 2.37. The van der Waals surface area contributed by atoms with Crippen LogP contribution in [0.5, 0.6) is 0 Å². The predicted molar refractivity (Wildman–Crippen MR) is 258 cm³/mol. The molecule has 0 aromatic heterocycles. The Morgan fingerprint density at radius 2 is 1.52 bits per heavy atom. The normalized spacial score (nSPS) is 41.8. The molecule has 0 radical (unpaired) electrons. The monoisotopic (exact) mass is 1050 g/mol. The van der Waals surface area contributed by atoms with Crippen molar-refractivity contribution in [1.82, 2.24) is 4.90 Å². The summed E-state index contributed by atoms with van der Waals surface area (Å²) in [6.07, 6.45) is -9.02. The van der Waals surface area contributed by atoms with Crippen molar-refractivity contribution in [2.45, 2.75) is 204 Å². The number of aliphatic carboxylic acids is 2. The van der Waals surface area contributed by atoms with Crippen LogP contribution in [0.1, 0.15) is 93.9 Å². The van der Waals surface area contributed by atoms with Gasteiger partial charge in [0, 0.05) is 44.8 Å². The molecule has 0 aromatic rings. The van der Waals surface area contributed by atoms with Gasteiger partial charge in [-0.3, -0.25) is 19.2 Å². The second kappa shape index (κ2) is 29.2. The first kappa shape index (κ1) is 63.9. The maximum absolute atomic E-state index is 13.8. The minimum Gasteiger partial charge on any atom is -0.481 e. The molecule has 1 unspecified atom stereocenters.